The maximum Gasteiger partial charge on any atom is 0.125 e. The molecule has 1 nitrogen and oxygen atoms in total. The van der Waals surface area contributed by atoms with E-state index in [9.17, 15) is 4.39 Å². The van der Waals surface area contributed by atoms with Crippen molar-refractivity contribution in [3.05, 3.63) is 72.0 Å². The average Bonchev–Trinajstić information content (AvgIpc) is 2.54. The number of anilines is 1. The van der Waals surface area contributed by atoms with E-state index in [0.717, 1.165) is 17.1 Å². The fourth-order valence-corrected chi connectivity index (χ4v) is 3.32. The molecule has 0 atom stereocenters. The largest absolute Gasteiger partial charge is 0.329 e. The molecular weight excluding hydrogens is 313 g/mol. The minimum atomic E-state index is -0.254. The van der Waals surface area contributed by atoms with Gasteiger partial charge in [-0.05, 0) is 41.0 Å². The van der Waals surface area contributed by atoms with Gasteiger partial charge in [0.1, 0.15) is 5.82 Å². The van der Waals surface area contributed by atoms with Crippen LogP contribution >= 0.6 is 24.6 Å². The van der Waals surface area contributed by atoms with Crippen LogP contribution in [-0.4, -0.2) is 5.75 Å². The van der Waals surface area contributed by atoms with Crippen LogP contribution in [0.1, 0.15) is 5.56 Å². The van der Waals surface area contributed by atoms with Crippen molar-refractivity contribution in [3.63, 3.8) is 0 Å². The molecule has 3 rings (SSSR count). The van der Waals surface area contributed by atoms with E-state index in [1.54, 1.807) is 18.0 Å². The molecule has 0 fully saturated rings. The Kier molecular flexibility index (Phi) is 4.90. The molecule has 0 aromatic heterocycles. The number of benzene rings is 3. The van der Waals surface area contributed by atoms with Crippen molar-refractivity contribution < 1.29 is 4.39 Å². The number of thiol groups is 1. The number of aryl methyl sites for hydroxylation is 1. The highest BCUT2D eigenvalue weighted by Gasteiger charge is 2.01. The molecule has 3 aromatic carbocycles. The third-order valence-electron chi connectivity index (χ3n) is 3.45. The number of hydrogen-bond acceptors (Lipinski definition) is 3. The van der Waals surface area contributed by atoms with E-state index in [1.165, 1.54) is 28.5 Å². The van der Waals surface area contributed by atoms with E-state index >= 15 is 0 Å². The Morgan fingerprint density at radius 3 is 2.64 bits per heavy atom. The van der Waals surface area contributed by atoms with Gasteiger partial charge in [0.25, 0.3) is 0 Å². The fraction of sp³-hybridized carbons (Fsp3) is 0.111. The topological polar surface area (TPSA) is 12.0 Å². The second-order valence-corrected chi connectivity index (χ2v) is 6.43. The second kappa shape index (κ2) is 7.07. The Hall–Kier alpha value is -1.65. The number of hydrogen-bond donors (Lipinski definition) is 2. The Morgan fingerprint density at radius 2 is 1.77 bits per heavy atom. The summed E-state index contributed by atoms with van der Waals surface area (Å²) in [6.07, 6.45) is 0.958. The summed E-state index contributed by atoms with van der Waals surface area (Å²) >= 11 is 5.88. The van der Waals surface area contributed by atoms with Gasteiger partial charge in [-0.15, -0.1) is 12.6 Å². The summed E-state index contributed by atoms with van der Waals surface area (Å²) in [5, 5.41) is 2.53. The first-order chi connectivity index (χ1) is 10.7. The lowest BCUT2D eigenvalue weighted by atomic mass is 10.1. The molecule has 0 unspecified atom stereocenters. The van der Waals surface area contributed by atoms with E-state index in [4.69, 9.17) is 0 Å². The monoisotopic (exact) mass is 329 g/mol. The van der Waals surface area contributed by atoms with Gasteiger partial charge in [-0.2, -0.15) is 0 Å². The van der Waals surface area contributed by atoms with Gasteiger partial charge in [-0.25, -0.2) is 4.39 Å². The van der Waals surface area contributed by atoms with Crippen LogP contribution in [0.2, 0.25) is 0 Å². The van der Waals surface area contributed by atoms with Crippen LogP contribution in [0, 0.1) is 5.82 Å². The summed E-state index contributed by atoms with van der Waals surface area (Å²) in [5.74, 6) is 0.651. The SMILES string of the molecule is Fc1ccc(S)c(NSCCc2ccc3ccccc3c2)c1. The normalized spacial score (nSPS) is 10.8. The smallest absolute Gasteiger partial charge is 0.125 e. The Morgan fingerprint density at radius 1 is 0.955 bits per heavy atom. The van der Waals surface area contributed by atoms with E-state index in [0.29, 0.717) is 5.69 Å². The standard InChI is InChI=1S/C18H16FNS2/c19-16-7-8-18(21)17(12-16)20-22-10-9-13-5-6-14-3-1-2-4-15(14)11-13/h1-8,11-12,20-21H,9-10H2. The van der Waals surface area contributed by atoms with Gasteiger partial charge in [-0.3, -0.25) is 0 Å². The van der Waals surface area contributed by atoms with Crippen LogP contribution in [0.5, 0.6) is 0 Å². The fourth-order valence-electron chi connectivity index (χ4n) is 2.28. The van der Waals surface area contributed by atoms with Gasteiger partial charge in [0.2, 0.25) is 0 Å². The molecule has 4 heteroatoms. The first-order valence-electron chi connectivity index (χ1n) is 7.06. The van der Waals surface area contributed by atoms with Crippen molar-refractivity contribution in [2.75, 3.05) is 10.5 Å². The minimum absolute atomic E-state index is 0.254. The van der Waals surface area contributed by atoms with Crippen LogP contribution in [0.3, 0.4) is 0 Å². The molecule has 1 N–H and O–H groups in total. The number of fused-ring (bicyclic) bond motifs is 1. The summed E-state index contributed by atoms with van der Waals surface area (Å²) in [6, 6.07) is 19.4. The van der Waals surface area contributed by atoms with Crippen LogP contribution in [0.25, 0.3) is 10.8 Å². The molecule has 0 spiro atoms. The molecule has 3 aromatic rings. The van der Waals surface area contributed by atoms with E-state index in [-0.39, 0.29) is 5.82 Å². The molecule has 0 radical (unpaired) electrons. The summed E-state index contributed by atoms with van der Waals surface area (Å²) in [6.45, 7) is 0. The molecule has 0 bridgehead atoms. The minimum Gasteiger partial charge on any atom is -0.329 e. The lowest BCUT2D eigenvalue weighted by Crippen LogP contribution is -1.95. The van der Waals surface area contributed by atoms with Crippen LogP contribution in [-0.2, 0) is 6.42 Å². The molecule has 0 heterocycles. The van der Waals surface area contributed by atoms with E-state index in [2.05, 4.69) is 59.8 Å². The van der Waals surface area contributed by atoms with Crippen molar-refractivity contribution >= 4 is 41.0 Å². The maximum absolute atomic E-state index is 13.2. The zero-order chi connectivity index (χ0) is 15.4. The zero-order valence-electron chi connectivity index (χ0n) is 11.9. The zero-order valence-corrected chi connectivity index (χ0v) is 13.6. The highest BCUT2D eigenvalue weighted by molar-refractivity contribution is 8.00. The number of rotatable bonds is 5. The summed E-state index contributed by atoms with van der Waals surface area (Å²) in [5.41, 5.74) is 2.02. The molecule has 112 valence electrons. The highest BCUT2D eigenvalue weighted by atomic mass is 32.2. The first-order valence-corrected chi connectivity index (χ1v) is 8.50. The molecule has 0 aliphatic rings. The summed E-state index contributed by atoms with van der Waals surface area (Å²) in [7, 11) is 0. The summed E-state index contributed by atoms with van der Waals surface area (Å²) in [4.78, 5) is 0.750. The van der Waals surface area contributed by atoms with Crippen molar-refractivity contribution in [1.82, 2.24) is 0 Å². The molecular formula is C18H16FNS2. The Labute approximate surface area is 139 Å². The van der Waals surface area contributed by atoms with Gasteiger partial charge in [0.05, 0.1) is 5.69 Å². The van der Waals surface area contributed by atoms with Crippen molar-refractivity contribution in [3.8, 4) is 0 Å². The van der Waals surface area contributed by atoms with Crippen molar-refractivity contribution in [2.45, 2.75) is 11.3 Å². The Bertz CT molecular complexity index is 789. The molecule has 0 aliphatic heterocycles. The van der Waals surface area contributed by atoms with Gasteiger partial charge in [-0.1, -0.05) is 54.4 Å². The van der Waals surface area contributed by atoms with Crippen LogP contribution < -0.4 is 4.72 Å². The number of nitrogens with one attached hydrogen (secondary N) is 1. The van der Waals surface area contributed by atoms with E-state index < -0.39 is 0 Å². The van der Waals surface area contributed by atoms with Gasteiger partial charge >= 0.3 is 0 Å². The summed E-state index contributed by atoms with van der Waals surface area (Å²) < 4.78 is 16.3. The lowest BCUT2D eigenvalue weighted by Gasteiger charge is -2.08. The predicted octanol–water partition coefficient (Wildman–Crippen LogP) is 5.57. The second-order valence-electron chi connectivity index (χ2n) is 5.04. The van der Waals surface area contributed by atoms with E-state index in [1.807, 2.05) is 0 Å². The molecule has 0 aliphatic carbocycles. The Balaban J connectivity index is 1.57. The molecule has 0 amide bonds. The van der Waals surface area contributed by atoms with Crippen molar-refractivity contribution in [1.29, 1.82) is 0 Å². The third-order valence-corrected chi connectivity index (χ3v) is 4.61. The first kappa shape index (κ1) is 15.3. The maximum atomic E-state index is 13.2. The molecule has 0 saturated heterocycles. The van der Waals surface area contributed by atoms with Gasteiger partial charge < -0.3 is 4.72 Å². The predicted molar refractivity (Wildman–Crippen MR) is 97.4 cm³/mol. The van der Waals surface area contributed by atoms with Crippen molar-refractivity contribution in [2.24, 2.45) is 0 Å². The lowest BCUT2D eigenvalue weighted by molar-refractivity contribution is 0.627. The average molecular weight is 329 g/mol. The van der Waals surface area contributed by atoms with Crippen LogP contribution in [0.15, 0.2) is 65.6 Å². The van der Waals surface area contributed by atoms with Crippen LogP contribution in [0.4, 0.5) is 10.1 Å². The molecule has 0 saturated carbocycles. The number of halogens is 1. The van der Waals surface area contributed by atoms with Gasteiger partial charge in [0, 0.05) is 10.6 Å². The molecule has 22 heavy (non-hydrogen) atoms. The van der Waals surface area contributed by atoms with Gasteiger partial charge in [0.15, 0.2) is 0 Å². The third kappa shape index (κ3) is 3.76. The highest BCUT2D eigenvalue weighted by Crippen LogP contribution is 2.24. The quantitative estimate of drug-likeness (QED) is 0.360.